The number of aliphatic hydroxyl groups is 1. The van der Waals surface area contributed by atoms with Crippen LogP contribution >= 0.6 is 0 Å². The van der Waals surface area contributed by atoms with E-state index >= 15 is 0 Å². The van der Waals surface area contributed by atoms with Crippen molar-refractivity contribution in [1.29, 1.82) is 0 Å². The monoisotopic (exact) mass is 406 g/mol. The Morgan fingerprint density at radius 2 is 2.10 bits per heavy atom. The molecule has 3 aliphatic rings. The number of esters is 3. The third-order valence-corrected chi connectivity index (χ3v) is 5.57. The van der Waals surface area contributed by atoms with Gasteiger partial charge in [-0.05, 0) is 31.4 Å². The van der Waals surface area contributed by atoms with E-state index in [0.717, 1.165) is 0 Å². The van der Waals surface area contributed by atoms with Crippen LogP contribution < -0.4 is 0 Å². The molecule has 0 aromatic heterocycles. The Morgan fingerprint density at radius 1 is 1.38 bits per heavy atom. The van der Waals surface area contributed by atoms with Crippen LogP contribution in [0.2, 0.25) is 0 Å². The van der Waals surface area contributed by atoms with E-state index < -0.39 is 41.6 Å². The van der Waals surface area contributed by atoms with Crippen LogP contribution in [0.15, 0.2) is 36.0 Å². The molecule has 0 unspecified atom stereocenters. The highest BCUT2D eigenvalue weighted by atomic mass is 16.6. The highest BCUT2D eigenvalue weighted by Gasteiger charge is 2.60. The second kappa shape index (κ2) is 8.12. The molecule has 2 saturated heterocycles. The fourth-order valence-electron chi connectivity index (χ4n) is 3.93. The second-order valence-electron chi connectivity index (χ2n) is 7.82. The van der Waals surface area contributed by atoms with E-state index in [0.29, 0.717) is 18.4 Å². The quantitative estimate of drug-likeness (QED) is 0.240. The molecule has 8 nitrogen and oxygen atoms in total. The van der Waals surface area contributed by atoms with Crippen LogP contribution in [-0.4, -0.2) is 60.1 Å². The van der Waals surface area contributed by atoms with Crippen molar-refractivity contribution in [2.45, 2.75) is 57.0 Å². The Bertz CT molecular complexity index is 782. The van der Waals surface area contributed by atoms with Gasteiger partial charge in [0.25, 0.3) is 0 Å². The van der Waals surface area contributed by atoms with Crippen molar-refractivity contribution in [3.05, 3.63) is 36.0 Å². The van der Waals surface area contributed by atoms with E-state index in [-0.39, 0.29) is 36.9 Å². The molecule has 3 rings (SSSR count). The molecule has 2 aliphatic heterocycles. The first kappa shape index (κ1) is 21.3. The number of ether oxygens (including phenoxy) is 4. The minimum absolute atomic E-state index is 0.00492. The molecule has 0 radical (unpaired) electrons. The van der Waals surface area contributed by atoms with E-state index in [1.54, 1.807) is 6.08 Å². The number of epoxide rings is 1. The predicted octanol–water partition coefficient (Wildman–Crippen LogP) is 1.38. The number of carbonyl (C=O) groups excluding carboxylic acids is 3. The van der Waals surface area contributed by atoms with E-state index in [9.17, 15) is 19.5 Å². The number of fused-ring (bicyclic) bond motifs is 2. The molecule has 0 aromatic rings. The number of carbonyl (C=O) groups is 3. The predicted molar refractivity (Wildman–Crippen MR) is 100 cm³/mol. The van der Waals surface area contributed by atoms with Crippen LogP contribution in [0.3, 0.4) is 0 Å². The van der Waals surface area contributed by atoms with Gasteiger partial charge >= 0.3 is 17.9 Å². The van der Waals surface area contributed by atoms with E-state index in [1.807, 2.05) is 0 Å². The third-order valence-electron chi connectivity index (χ3n) is 5.57. The van der Waals surface area contributed by atoms with Crippen molar-refractivity contribution >= 4 is 17.9 Å². The van der Waals surface area contributed by atoms with Crippen LogP contribution in [0.4, 0.5) is 0 Å². The average Bonchev–Trinajstić information content (AvgIpc) is 3.27. The summed E-state index contributed by atoms with van der Waals surface area (Å²) in [5, 5.41) is 9.71. The second-order valence-corrected chi connectivity index (χ2v) is 7.82. The maximum Gasteiger partial charge on any atom is 0.334 e. The average molecular weight is 406 g/mol. The van der Waals surface area contributed by atoms with Crippen molar-refractivity contribution in [1.82, 2.24) is 0 Å². The fourth-order valence-corrected chi connectivity index (χ4v) is 3.93. The van der Waals surface area contributed by atoms with Crippen LogP contribution in [-0.2, 0) is 33.3 Å². The molecule has 0 amide bonds. The Morgan fingerprint density at radius 3 is 2.72 bits per heavy atom. The van der Waals surface area contributed by atoms with Gasteiger partial charge < -0.3 is 24.1 Å². The van der Waals surface area contributed by atoms with E-state index in [4.69, 9.17) is 18.9 Å². The topological polar surface area (TPSA) is 112 Å². The molecule has 1 N–H and O–H groups in total. The van der Waals surface area contributed by atoms with Crippen LogP contribution in [0.1, 0.15) is 33.1 Å². The zero-order chi connectivity index (χ0) is 21.3. The first-order chi connectivity index (χ1) is 13.7. The summed E-state index contributed by atoms with van der Waals surface area (Å²) >= 11 is 0. The molecule has 1 aliphatic carbocycles. The number of hydrogen-bond acceptors (Lipinski definition) is 8. The number of hydrogen-bond donors (Lipinski definition) is 1. The van der Waals surface area contributed by atoms with Crippen molar-refractivity contribution < 1.29 is 38.4 Å². The highest BCUT2D eigenvalue weighted by molar-refractivity contribution is 5.91. The summed E-state index contributed by atoms with van der Waals surface area (Å²) < 4.78 is 22.2. The molecular formula is C21H26O8. The highest BCUT2D eigenvalue weighted by Crippen LogP contribution is 2.48. The van der Waals surface area contributed by atoms with E-state index in [1.165, 1.54) is 13.8 Å². The lowest BCUT2D eigenvalue weighted by Crippen LogP contribution is -2.39. The van der Waals surface area contributed by atoms with Crippen LogP contribution in [0, 0.1) is 5.92 Å². The van der Waals surface area contributed by atoms with Gasteiger partial charge in [-0.15, -0.1) is 0 Å². The summed E-state index contributed by atoms with van der Waals surface area (Å²) in [6.07, 6.45) is 1.27. The number of aliphatic hydroxyl groups excluding tert-OH is 1. The minimum atomic E-state index is -0.833. The summed E-state index contributed by atoms with van der Waals surface area (Å²) in [6, 6.07) is 0. The summed E-state index contributed by atoms with van der Waals surface area (Å²) in [6.45, 7) is 10.1. The van der Waals surface area contributed by atoms with Gasteiger partial charge in [0, 0.05) is 24.5 Å². The molecule has 0 aromatic carbocycles. The first-order valence-electron chi connectivity index (χ1n) is 9.54. The van der Waals surface area contributed by atoms with Crippen LogP contribution in [0.25, 0.3) is 0 Å². The lowest BCUT2D eigenvalue weighted by Gasteiger charge is -2.29. The van der Waals surface area contributed by atoms with Gasteiger partial charge in [-0.1, -0.05) is 13.2 Å². The molecule has 29 heavy (non-hydrogen) atoms. The van der Waals surface area contributed by atoms with Gasteiger partial charge in [-0.25, -0.2) is 9.59 Å². The molecule has 8 heteroatoms. The van der Waals surface area contributed by atoms with Crippen molar-refractivity contribution in [2.75, 3.05) is 13.2 Å². The molecule has 0 spiro atoms. The van der Waals surface area contributed by atoms with Crippen LogP contribution in [0.5, 0.6) is 0 Å². The van der Waals surface area contributed by atoms with Crippen molar-refractivity contribution in [3.63, 3.8) is 0 Å². The van der Waals surface area contributed by atoms with Gasteiger partial charge in [0.15, 0.2) is 0 Å². The zero-order valence-electron chi connectivity index (χ0n) is 16.6. The lowest BCUT2D eigenvalue weighted by molar-refractivity contribution is -0.151. The van der Waals surface area contributed by atoms with Gasteiger partial charge in [0.05, 0.1) is 18.6 Å². The number of rotatable bonds is 5. The van der Waals surface area contributed by atoms with Gasteiger partial charge in [-0.2, -0.15) is 0 Å². The SMILES string of the molecule is C=C(C)C(=O)O[C@H]1C[C@@]2(COC(C)=O)O[C@@H]2CC/C(CO)=C/[C@H]2OC(=O)C(=C)[C@H]12. The Hall–Kier alpha value is -2.45. The summed E-state index contributed by atoms with van der Waals surface area (Å²) in [5.74, 6) is -2.28. The molecule has 0 bridgehead atoms. The molecule has 158 valence electrons. The standard InChI is InChI=1S/C21H26O8/c1-11(2)19(24)28-16-8-21(10-26-13(4)23)17(29-21)6-5-14(9-22)7-15-18(16)12(3)20(25)27-15/h7,15-18,22H,1,3,5-6,8-10H2,2,4H3/b14-7-/t15-,16+,17-,18+,21+/m1/s1. The summed E-state index contributed by atoms with van der Waals surface area (Å²) in [5.41, 5.74) is 0.248. The Balaban J connectivity index is 1.97. The molecule has 5 atom stereocenters. The summed E-state index contributed by atoms with van der Waals surface area (Å²) in [7, 11) is 0. The fraction of sp³-hybridized carbons (Fsp3) is 0.571. The summed E-state index contributed by atoms with van der Waals surface area (Å²) in [4.78, 5) is 35.9. The molecule has 0 saturated carbocycles. The minimum Gasteiger partial charge on any atom is -0.463 e. The first-order valence-corrected chi connectivity index (χ1v) is 9.54. The van der Waals surface area contributed by atoms with Gasteiger partial charge in [0.2, 0.25) is 0 Å². The zero-order valence-corrected chi connectivity index (χ0v) is 16.6. The maximum absolute atomic E-state index is 12.3. The largest absolute Gasteiger partial charge is 0.463 e. The molecular weight excluding hydrogens is 380 g/mol. The Labute approximate surface area is 169 Å². The maximum atomic E-state index is 12.3. The van der Waals surface area contributed by atoms with Crippen molar-refractivity contribution in [3.8, 4) is 0 Å². The van der Waals surface area contributed by atoms with Gasteiger partial charge in [0.1, 0.15) is 24.4 Å². The lowest BCUT2D eigenvalue weighted by atomic mass is 9.82. The Kier molecular flexibility index (Phi) is 5.95. The third kappa shape index (κ3) is 4.43. The van der Waals surface area contributed by atoms with Crippen molar-refractivity contribution in [2.24, 2.45) is 5.92 Å². The van der Waals surface area contributed by atoms with Gasteiger partial charge in [-0.3, -0.25) is 4.79 Å². The molecule has 2 fully saturated rings. The molecule has 2 heterocycles. The normalized spacial score (nSPS) is 35.3. The van der Waals surface area contributed by atoms with E-state index in [2.05, 4.69) is 13.2 Å². The smallest absolute Gasteiger partial charge is 0.334 e.